The molecule has 0 aliphatic carbocycles. The van der Waals surface area contributed by atoms with E-state index in [0.717, 1.165) is 22.4 Å². The van der Waals surface area contributed by atoms with Crippen LogP contribution < -0.4 is 0 Å². The second-order valence-corrected chi connectivity index (χ2v) is 16.8. The summed E-state index contributed by atoms with van der Waals surface area (Å²) in [5.74, 6) is 0.824. The van der Waals surface area contributed by atoms with Crippen molar-refractivity contribution < 1.29 is 13.9 Å². The van der Waals surface area contributed by atoms with E-state index in [4.69, 9.17) is 4.42 Å². The predicted molar refractivity (Wildman–Crippen MR) is 129 cm³/mol. The van der Waals surface area contributed by atoms with E-state index in [2.05, 4.69) is 50.2 Å². The number of hydrogen-bond acceptors (Lipinski definition) is 5. The van der Waals surface area contributed by atoms with Crippen molar-refractivity contribution in [3.8, 4) is 0 Å². The summed E-state index contributed by atoms with van der Waals surface area (Å²) in [6.07, 6.45) is 1.75. The number of nitrogens with zero attached hydrogens (tertiary/aromatic N) is 4. The van der Waals surface area contributed by atoms with E-state index in [9.17, 15) is 0 Å². The zero-order valence-corrected chi connectivity index (χ0v) is 22.6. The topological polar surface area (TPSA) is 44.3 Å². The predicted octanol–water partition coefficient (Wildman–Crippen LogP) is 6.07. The van der Waals surface area contributed by atoms with Crippen molar-refractivity contribution >= 4 is 62.9 Å². The molecule has 26 heavy (non-hydrogen) atoms. The quantitative estimate of drug-likeness (QED) is 0.237. The van der Waals surface area contributed by atoms with Gasteiger partial charge in [-0.05, 0) is 26.0 Å². The van der Waals surface area contributed by atoms with Crippen molar-refractivity contribution in [1.82, 2.24) is 10.0 Å². The summed E-state index contributed by atoms with van der Waals surface area (Å²) in [4.78, 5) is 0. The molecule has 0 amide bonds. The van der Waals surface area contributed by atoms with Gasteiger partial charge in [0.25, 0.3) is 0 Å². The van der Waals surface area contributed by atoms with Gasteiger partial charge < -0.3 is 14.4 Å². The summed E-state index contributed by atoms with van der Waals surface area (Å²) in [5, 5.41) is 12.8. The average molecular weight is 623 g/mol. The summed E-state index contributed by atoms with van der Waals surface area (Å²) in [7, 11) is 8.20. The summed E-state index contributed by atoms with van der Waals surface area (Å²) >= 11 is 4.74. The van der Waals surface area contributed by atoms with Gasteiger partial charge in [0.1, 0.15) is 5.58 Å². The van der Waals surface area contributed by atoms with E-state index in [1.807, 2.05) is 86.2 Å². The van der Waals surface area contributed by atoms with Crippen LogP contribution in [0.15, 0.2) is 45.0 Å². The van der Waals surface area contributed by atoms with Crippen LogP contribution in [0.1, 0.15) is 33.5 Å². The van der Waals surface area contributed by atoms with Crippen molar-refractivity contribution in [1.29, 1.82) is 0 Å². The van der Waals surface area contributed by atoms with Crippen molar-refractivity contribution in [2.45, 2.75) is 27.7 Å². The fraction of sp³-hybridized carbons (Fsp3) is 0.444. The normalized spacial score (nSPS) is 10.0. The van der Waals surface area contributed by atoms with Gasteiger partial charge in [-0.2, -0.15) is 10.2 Å². The van der Waals surface area contributed by atoms with Crippen LogP contribution in [-0.2, 0) is 9.47 Å². The molecule has 0 fully saturated rings. The number of hydrazone groups is 2. The molecular weight excluding hydrogens is 593 g/mol. The molecule has 0 bridgehead atoms. The van der Waals surface area contributed by atoms with Crippen molar-refractivity contribution in [3.63, 3.8) is 0 Å². The van der Waals surface area contributed by atoms with Crippen LogP contribution in [0.3, 0.4) is 0 Å². The Hall–Kier alpha value is -0.256. The fourth-order valence-corrected chi connectivity index (χ4v) is 1.74. The Morgan fingerprint density at radius 2 is 1.62 bits per heavy atom. The molecule has 1 aromatic carbocycles. The van der Waals surface area contributed by atoms with E-state index in [0.29, 0.717) is 9.47 Å². The summed E-state index contributed by atoms with van der Waals surface area (Å²) in [6.45, 7) is 7.83. The first-order valence-corrected chi connectivity index (χ1v) is 17.2. The molecule has 2 rings (SSSR count). The van der Waals surface area contributed by atoms with Crippen molar-refractivity contribution in [2.24, 2.45) is 10.2 Å². The standard InChI is InChI=1S/C12H14N2O.C4H10N2.C2H6.2HI.V/c1-9(13-14(2)3)12-8-10-6-4-5-7-11(10)15-12;1-4-5-6(2)3;1-2;;;/h4-8H,1-3H3;4H,1-3H3;1-2H3;2*1H;/q;;;;;+2/p-2/b13-9+;5-4+;;;;. The summed E-state index contributed by atoms with van der Waals surface area (Å²) in [6, 6.07) is 9.97. The monoisotopic (exact) mass is 623 g/mol. The molecule has 147 valence electrons. The Bertz CT molecular complexity index is 610. The molecule has 0 unspecified atom stereocenters. The zero-order valence-electron chi connectivity index (χ0n) is 16.9. The summed E-state index contributed by atoms with van der Waals surface area (Å²) < 4.78 is 5.67. The van der Waals surface area contributed by atoms with Gasteiger partial charge in [-0.1, -0.05) is 32.0 Å². The number of fused-ring (bicyclic) bond motifs is 1. The first-order chi connectivity index (χ1) is 12.3. The van der Waals surface area contributed by atoms with Gasteiger partial charge in [0.2, 0.25) is 0 Å². The third kappa shape index (κ3) is 13.9. The van der Waals surface area contributed by atoms with Crippen LogP contribution in [0.25, 0.3) is 11.0 Å². The molecule has 1 heterocycles. The minimum absolute atomic E-state index is 0.628. The van der Waals surface area contributed by atoms with Crippen LogP contribution in [0, 0.1) is 0 Å². The second-order valence-electron chi connectivity index (χ2n) is 4.97. The van der Waals surface area contributed by atoms with E-state index in [-0.39, 0.29) is 0 Å². The van der Waals surface area contributed by atoms with Crippen LogP contribution in [-0.4, -0.2) is 50.1 Å². The van der Waals surface area contributed by atoms with Gasteiger partial charge >= 0.3 is 49.4 Å². The maximum atomic E-state index is 5.67. The Morgan fingerprint density at radius 1 is 1.08 bits per heavy atom. The average Bonchev–Trinajstić information content (AvgIpc) is 3.01. The molecule has 8 heteroatoms. The fourth-order valence-electron chi connectivity index (χ4n) is 1.74. The number of para-hydroxylation sites is 1. The number of hydrogen-bond donors (Lipinski definition) is 0. The van der Waals surface area contributed by atoms with Crippen LogP contribution >= 0.6 is 40.0 Å². The molecule has 1 aromatic heterocycles. The Labute approximate surface area is 187 Å². The van der Waals surface area contributed by atoms with Crippen molar-refractivity contribution in [3.05, 3.63) is 36.1 Å². The SMILES string of the molecule is C/C(=N\N(C)C)c1cc2ccccc2o1.C/C=N/N(C)C.CC.[I][V][I]. The Balaban J connectivity index is 0. The van der Waals surface area contributed by atoms with E-state index >= 15 is 0 Å². The Morgan fingerprint density at radius 3 is 2.00 bits per heavy atom. The zero-order chi connectivity index (χ0) is 20.5. The number of furan rings is 1. The number of halogens is 2. The molecule has 0 saturated heterocycles. The molecule has 0 aliphatic heterocycles. The van der Waals surface area contributed by atoms with Crippen LogP contribution in [0.4, 0.5) is 0 Å². The van der Waals surface area contributed by atoms with Gasteiger partial charge in [0.05, 0.1) is 5.71 Å². The van der Waals surface area contributed by atoms with E-state index < -0.39 is 0 Å². The number of benzene rings is 1. The molecule has 0 aliphatic rings. The molecule has 0 saturated carbocycles. The van der Waals surface area contributed by atoms with Gasteiger partial charge in [0.15, 0.2) is 5.76 Å². The number of rotatable bonds is 3. The molecule has 0 radical (unpaired) electrons. The second kappa shape index (κ2) is 18.1. The van der Waals surface area contributed by atoms with Crippen LogP contribution in [0.2, 0.25) is 0 Å². The van der Waals surface area contributed by atoms with Crippen molar-refractivity contribution in [2.75, 3.05) is 28.2 Å². The van der Waals surface area contributed by atoms with Gasteiger partial charge in [-0.15, -0.1) is 0 Å². The molecule has 0 spiro atoms. The van der Waals surface area contributed by atoms with Gasteiger partial charge in [-0.25, -0.2) is 0 Å². The van der Waals surface area contributed by atoms with E-state index in [1.165, 1.54) is 0 Å². The molecule has 2 aromatic rings. The maximum absolute atomic E-state index is 5.67. The van der Waals surface area contributed by atoms with Gasteiger partial charge in [-0.3, -0.25) is 0 Å². The minimum atomic E-state index is 0.628. The molecular formula is C18H30I2N4OV. The Kier molecular flexibility index (Phi) is 19.5. The van der Waals surface area contributed by atoms with Crippen LogP contribution in [0.5, 0.6) is 0 Å². The first-order valence-electron chi connectivity index (χ1n) is 8.15. The molecule has 5 nitrogen and oxygen atoms in total. The first kappa shape index (κ1) is 28.0. The molecule has 0 atom stereocenters. The van der Waals surface area contributed by atoms with Gasteiger partial charge in [0, 0.05) is 39.8 Å². The third-order valence-corrected chi connectivity index (χ3v) is 2.48. The summed E-state index contributed by atoms with van der Waals surface area (Å²) in [5.41, 5.74) is 1.79. The molecule has 0 N–H and O–H groups in total. The third-order valence-electron chi connectivity index (χ3n) is 2.48. The van der Waals surface area contributed by atoms with E-state index in [1.54, 1.807) is 16.2 Å².